The van der Waals surface area contributed by atoms with Crippen LogP contribution >= 0.6 is 11.3 Å². The third-order valence-corrected chi connectivity index (χ3v) is 5.49. The van der Waals surface area contributed by atoms with E-state index in [9.17, 15) is 0 Å². The minimum absolute atomic E-state index is 0.482. The van der Waals surface area contributed by atoms with E-state index in [1.807, 2.05) is 0 Å². The number of nitrogens with one attached hydrogen (secondary N) is 1. The summed E-state index contributed by atoms with van der Waals surface area (Å²) in [6, 6.07) is 2.88. The van der Waals surface area contributed by atoms with Gasteiger partial charge >= 0.3 is 0 Å². The number of guanidine groups is 1. The molecule has 0 spiro atoms. The van der Waals surface area contributed by atoms with Gasteiger partial charge in [0.1, 0.15) is 0 Å². The van der Waals surface area contributed by atoms with Crippen LogP contribution in [0.3, 0.4) is 0 Å². The fourth-order valence-electron chi connectivity index (χ4n) is 3.33. The normalized spacial score (nSPS) is 23.7. The lowest BCUT2D eigenvalue weighted by atomic mass is 10.1. The van der Waals surface area contributed by atoms with Gasteiger partial charge in [0.05, 0.1) is 0 Å². The summed E-state index contributed by atoms with van der Waals surface area (Å²) in [4.78, 5) is 9.92. The molecule has 2 aliphatic heterocycles. The number of rotatable bonds is 5. The Bertz CT molecular complexity index is 529. The van der Waals surface area contributed by atoms with E-state index in [2.05, 4.69) is 57.9 Å². The fraction of sp³-hybridized carbons (Fsp3) is 0.611. The summed E-state index contributed by atoms with van der Waals surface area (Å²) in [5.74, 6) is 1.57. The smallest absolute Gasteiger partial charge is 0.193 e. The lowest BCUT2D eigenvalue weighted by Gasteiger charge is -2.25. The zero-order valence-corrected chi connectivity index (χ0v) is 15.1. The molecule has 1 N–H and O–H groups in total. The van der Waals surface area contributed by atoms with E-state index in [-0.39, 0.29) is 0 Å². The number of thiophene rings is 1. The molecule has 23 heavy (non-hydrogen) atoms. The average Bonchev–Trinajstić information content (AvgIpc) is 3.32. The molecule has 1 aromatic rings. The maximum Gasteiger partial charge on any atom is 0.193 e. The summed E-state index contributed by atoms with van der Waals surface area (Å²) in [5, 5.41) is 7.86. The molecule has 0 amide bonds. The molecule has 126 valence electrons. The Kier molecular flexibility index (Phi) is 5.73. The molecule has 1 saturated heterocycles. The third-order valence-electron chi connectivity index (χ3n) is 4.79. The summed E-state index contributed by atoms with van der Waals surface area (Å²) >= 11 is 1.77. The lowest BCUT2D eigenvalue weighted by molar-refractivity contribution is 0.259. The van der Waals surface area contributed by atoms with E-state index in [0.717, 1.165) is 45.2 Å². The van der Waals surface area contributed by atoms with Crippen molar-refractivity contribution in [1.29, 1.82) is 0 Å². The SMILES string of the molecule is CCNC(=NCC(C)c1ccsc1)N1CCC(N2CC=CC2)C1. The summed E-state index contributed by atoms with van der Waals surface area (Å²) in [6.07, 6.45) is 5.81. The molecule has 5 heteroatoms. The van der Waals surface area contributed by atoms with Crippen molar-refractivity contribution in [2.75, 3.05) is 39.3 Å². The molecular formula is C18H28N4S. The molecular weight excluding hydrogens is 304 g/mol. The standard InChI is InChI=1S/C18H28N4S/c1-3-19-18(20-12-15(2)16-7-11-23-14-16)22-10-6-17(13-22)21-8-4-5-9-21/h4-5,7,11,14-15,17H,3,6,8-10,12-13H2,1-2H3,(H,19,20). The van der Waals surface area contributed by atoms with E-state index in [1.165, 1.54) is 12.0 Å². The van der Waals surface area contributed by atoms with Crippen LogP contribution in [0.25, 0.3) is 0 Å². The average molecular weight is 333 g/mol. The van der Waals surface area contributed by atoms with E-state index in [4.69, 9.17) is 4.99 Å². The van der Waals surface area contributed by atoms with Crippen molar-refractivity contribution < 1.29 is 0 Å². The van der Waals surface area contributed by atoms with Crippen LogP contribution in [0.15, 0.2) is 34.0 Å². The molecule has 3 rings (SSSR count). The fourth-order valence-corrected chi connectivity index (χ4v) is 4.12. The largest absolute Gasteiger partial charge is 0.357 e. The highest BCUT2D eigenvalue weighted by Gasteiger charge is 2.29. The first-order valence-electron chi connectivity index (χ1n) is 8.72. The maximum atomic E-state index is 4.91. The van der Waals surface area contributed by atoms with Crippen molar-refractivity contribution >= 4 is 17.3 Å². The molecule has 0 aromatic carbocycles. The first kappa shape index (κ1) is 16.5. The predicted octanol–water partition coefficient (Wildman–Crippen LogP) is 2.76. The molecule has 4 nitrogen and oxygen atoms in total. The monoisotopic (exact) mass is 332 g/mol. The van der Waals surface area contributed by atoms with Crippen LogP contribution in [-0.2, 0) is 0 Å². The van der Waals surface area contributed by atoms with Crippen molar-refractivity contribution in [3.8, 4) is 0 Å². The minimum Gasteiger partial charge on any atom is -0.357 e. The summed E-state index contributed by atoms with van der Waals surface area (Å²) in [7, 11) is 0. The van der Waals surface area contributed by atoms with Crippen LogP contribution in [0.1, 0.15) is 31.7 Å². The lowest BCUT2D eigenvalue weighted by Crippen LogP contribution is -2.43. The Labute approximate surface area is 143 Å². The Morgan fingerprint density at radius 2 is 2.26 bits per heavy atom. The molecule has 0 aliphatic carbocycles. The first-order valence-corrected chi connectivity index (χ1v) is 9.66. The van der Waals surface area contributed by atoms with Crippen LogP contribution < -0.4 is 5.32 Å². The number of hydrogen-bond acceptors (Lipinski definition) is 3. The number of nitrogens with zero attached hydrogens (tertiary/aromatic N) is 3. The van der Waals surface area contributed by atoms with E-state index < -0.39 is 0 Å². The van der Waals surface area contributed by atoms with Gasteiger partial charge in [0, 0.05) is 51.2 Å². The number of aliphatic imine (C=N–C) groups is 1. The summed E-state index contributed by atoms with van der Waals surface area (Å²) < 4.78 is 0. The zero-order valence-electron chi connectivity index (χ0n) is 14.2. The first-order chi connectivity index (χ1) is 11.3. The molecule has 3 heterocycles. The minimum atomic E-state index is 0.482. The van der Waals surface area contributed by atoms with Crippen molar-refractivity contribution in [3.05, 3.63) is 34.5 Å². The predicted molar refractivity (Wildman–Crippen MR) is 99.4 cm³/mol. The Hall–Kier alpha value is -1.33. The second kappa shape index (κ2) is 7.97. The second-order valence-corrected chi connectivity index (χ2v) is 7.25. The Balaban J connectivity index is 1.58. The molecule has 1 aromatic heterocycles. The van der Waals surface area contributed by atoms with Gasteiger partial charge in [-0.25, -0.2) is 0 Å². The molecule has 2 aliphatic rings. The highest BCUT2D eigenvalue weighted by atomic mass is 32.1. The summed E-state index contributed by atoms with van der Waals surface area (Å²) in [5.41, 5.74) is 1.40. The van der Waals surface area contributed by atoms with Crippen LogP contribution in [-0.4, -0.2) is 61.1 Å². The van der Waals surface area contributed by atoms with E-state index >= 15 is 0 Å². The van der Waals surface area contributed by atoms with Crippen molar-refractivity contribution in [1.82, 2.24) is 15.1 Å². The molecule has 0 saturated carbocycles. The van der Waals surface area contributed by atoms with Crippen LogP contribution in [0, 0.1) is 0 Å². The van der Waals surface area contributed by atoms with Gasteiger partial charge in [0.2, 0.25) is 0 Å². The van der Waals surface area contributed by atoms with E-state index in [0.29, 0.717) is 12.0 Å². The van der Waals surface area contributed by atoms with E-state index in [1.54, 1.807) is 11.3 Å². The molecule has 2 atom stereocenters. The van der Waals surface area contributed by atoms with Gasteiger partial charge in [0.15, 0.2) is 5.96 Å². The molecule has 0 bridgehead atoms. The summed E-state index contributed by atoms with van der Waals surface area (Å²) in [6.45, 7) is 10.6. The maximum absolute atomic E-state index is 4.91. The van der Waals surface area contributed by atoms with Gasteiger partial charge in [-0.2, -0.15) is 11.3 Å². The third kappa shape index (κ3) is 4.15. The molecule has 0 radical (unpaired) electrons. The van der Waals surface area contributed by atoms with Crippen molar-refractivity contribution in [2.45, 2.75) is 32.2 Å². The van der Waals surface area contributed by atoms with Crippen LogP contribution in [0.5, 0.6) is 0 Å². The van der Waals surface area contributed by atoms with Crippen LogP contribution in [0.4, 0.5) is 0 Å². The molecule has 1 fully saturated rings. The van der Waals surface area contributed by atoms with Gasteiger partial charge < -0.3 is 10.2 Å². The van der Waals surface area contributed by atoms with Gasteiger partial charge in [-0.15, -0.1) is 0 Å². The number of hydrogen-bond donors (Lipinski definition) is 1. The second-order valence-electron chi connectivity index (χ2n) is 6.47. The molecule has 2 unspecified atom stereocenters. The van der Waals surface area contributed by atoms with Gasteiger partial charge in [-0.3, -0.25) is 9.89 Å². The highest BCUT2D eigenvalue weighted by Crippen LogP contribution is 2.20. The quantitative estimate of drug-likeness (QED) is 0.511. The Morgan fingerprint density at radius 1 is 1.43 bits per heavy atom. The van der Waals surface area contributed by atoms with Crippen molar-refractivity contribution in [2.24, 2.45) is 4.99 Å². The topological polar surface area (TPSA) is 30.9 Å². The van der Waals surface area contributed by atoms with Gasteiger partial charge in [-0.05, 0) is 35.7 Å². The highest BCUT2D eigenvalue weighted by molar-refractivity contribution is 7.07. The van der Waals surface area contributed by atoms with Crippen molar-refractivity contribution in [3.63, 3.8) is 0 Å². The van der Waals surface area contributed by atoms with Crippen LogP contribution in [0.2, 0.25) is 0 Å². The van der Waals surface area contributed by atoms with Gasteiger partial charge in [0.25, 0.3) is 0 Å². The number of likely N-dealkylation sites (tertiary alicyclic amines) is 1. The Morgan fingerprint density at radius 3 is 2.96 bits per heavy atom. The van der Waals surface area contributed by atoms with Gasteiger partial charge in [-0.1, -0.05) is 19.1 Å². The zero-order chi connectivity index (χ0) is 16.1.